The molecule has 0 aliphatic heterocycles. The van der Waals surface area contributed by atoms with Gasteiger partial charge in [-0.05, 0) is 0 Å². The van der Waals surface area contributed by atoms with Crippen molar-refractivity contribution < 1.29 is 5.11 Å². The Balaban J connectivity index is 2.69. The summed E-state index contributed by atoms with van der Waals surface area (Å²) in [5.41, 5.74) is 0. The number of hydrogen-bond acceptors (Lipinski definition) is 3. The summed E-state index contributed by atoms with van der Waals surface area (Å²) in [4.78, 5) is 0. The molecule has 0 fully saturated rings. The van der Waals surface area contributed by atoms with Gasteiger partial charge in [0.1, 0.15) is 12.2 Å². The van der Waals surface area contributed by atoms with Crippen LogP contribution in [0, 0.1) is 0 Å². The molecule has 1 heterocycles. The molecule has 1 aromatic heterocycles. The maximum atomic E-state index is 8.48. The van der Waals surface area contributed by atoms with Crippen LogP contribution in [0.25, 0.3) is 0 Å². The molecule has 1 rings (SSSR count). The summed E-state index contributed by atoms with van der Waals surface area (Å²) in [5.74, 6) is 0.817. The van der Waals surface area contributed by atoms with E-state index in [4.69, 9.17) is 5.11 Å². The lowest BCUT2D eigenvalue weighted by molar-refractivity contribution is 0.295. The van der Waals surface area contributed by atoms with Crippen molar-refractivity contribution in [3.63, 3.8) is 0 Å². The highest BCUT2D eigenvalue weighted by Crippen LogP contribution is 1.89. The molecule has 50 valence electrons. The van der Waals surface area contributed by atoms with E-state index in [9.17, 15) is 0 Å². The number of aryl methyl sites for hydroxylation is 1. The van der Waals surface area contributed by atoms with Crippen LogP contribution in [0.1, 0.15) is 5.82 Å². The van der Waals surface area contributed by atoms with Crippen molar-refractivity contribution in [2.45, 2.75) is 6.42 Å². The molecule has 4 heteroatoms. The zero-order valence-corrected chi connectivity index (χ0v) is 5.28. The smallest absolute Gasteiger partial charge is 0.134 e. The second kappa shape index (κ2) is 2.59. The number of nitrogens with zero attached hydrogens (tertiary/aromatic N) is 3. The van der Waals surface area contributed by atoms with Crippen LogP contribution in [0.4, 0.5) is 0 Å². The van der Waals surface area contributed by atoms with Crippen LogP contribution in [-0.2, 0) is 13.5 Å². The molecule has 1 aromatic rings. The molecule has 0 spiro atoms. The van der Waals surface area contributed by atoms with E-state index in [1.165, 1.54) is 0 Å². The molecular weight excluding hydrogens is 118 g/mol. The molecule has 0 aliphatic rings. The van der Waals surface area contributed by atoms with E-state index in [2.05, 4.69) is 10.2 Å². The number of aliphatic hydroxyl groups is 1. The van der Waals surface area contributed by atoms with Crippen LogP contribution >= 0.6 is 0 Å². The first-order valence-corrected chi connectivity index (χ1v) is 2.78. The van der Waals surface area contributed by atoms with E-state index in [0.29, 0.717) is 6.42 Å². The van der Waals surface area contributed by atoms with Gasteiger partial charge in [-0.3, -0.25) is 0 Å². The van der Waals surface area contributed by atoms with Gasteiger partial charge in [0.25, 0.3) is 0 Å². The highest BCUT2D eigenvalue weighted by molar-refractivity contribution is 4.83. The van der Waals surface area contributed by atoms with Crippen LogP contribution in [0.2, 0.25) is 0 Å². The van der Waals surface area contributed by atoms with E-state index >= 15 is 0 Å². The minimum Gasteiger partial charge on any atom is -0.396 e. The Bertz CT molecular complexity index is 184. The average molecular weight is 127 g/mol. The summed E-state index contributed by atoms with van der Waals surface area (Å²) < 4.78 is 1.79. The second-order valence-corrected chi connectivity index (χ2v) is 1.83. The van der Waals surface area contributed by atoms with Gasteiger partial charge in [0.05, 0.1) is 6.61 Å². The predicted octanol–water partition coefficient (Wildman–Crippen LogP) is -0.650. The standard InChI is InChI=1S/C5H9N3O/c1-8-4-6-7-5(8)2-3-9/h4,9H,2-3H2,1H3. The minimum atomic E-state index is 0.131. The molecule has 0 aromatic carbocycles. The van der Waals surface area contributed by atoms with Crippen molar-refractivity contribution in [1.29, 1.82) is 0 Å². The first kappa shape index (κ1) is 6.22. The van der Waals surface area contributed by atoms with Crippen LogP contribution in [-0.4, -0.2) is 26.5 Å². The van der Waals surface area contributed by atoms with Gasteiger partial charge < -0.3 is 9.67 Å². The molecule has 0 saturated carbocycles. The SMILES string of the molecule is Cn1cnnc1CCO. The molecule has 0 atom stereocenters. The van der Waals surface area contributed by atoms with Crippen molar-refractivity contribution >= 4 is 0 Å². The van der Waals surface area contributed by atoms with Crippen molar-refractivity contribution in [2.75, 3.05) is 6.61 Å². The number of aromatic nitrogens is 3. The van der Waals surface area contributed by atoms with Gasteiger partial charge in [-0.25, -0.2) is 0 Å². The number of aliphatic hydroxyl groups excluding tert-OH is 1. The summed E-state index contributed by atoms with van der Waals surface area (Å²) in [6.07, 6.45) is 2.20. The fourth-order valence-electron chi connectivity index (χ4n) is 0.633. The first-order chi connectivity index (χ1) is 4.34. The molecule has 1 N–H and O–H groups in total. The van der Waals surface area contributed by atoms with Crippen LogP contribution in [0.3, 0.4) is 0 Å². The molecule has 0 unspecified atom stereocenters. The van der Waals surface area contributed by atoms with Crippen LogP contribution in [0.5, 0.6) is 0 Å². The Morgan fingerprint density at radius 1 is 1.78 bits per heavy atom. The minimum absolute atomic E-state index is 0.131. The Hall–Kier alpha value is -0.900. The van der Waals surface area contributed by atoms with E-state index in [1.807, 2.05) is 7.05 Å². The highest BCUT2D eigenvalue weighted by Gasteiger charge is 1.96. The summed E-state index contributed by atoms with van der Waals surface area (Å²) in [6.45, 7) is 0.131. The van der Waals surface area contributed by atoms with Crippen LogP contribution < -0.4 is 0 Å². The van der Waals surface area contributed by atoms with Gasteiger partial charge in [0.2, 0.25) is 0 Å². The number of rotatable bonds is 2. The first-order valence-electron chi connectivity index (χ1n) is 2.78. The van der Waals surface area contributed by atoms with Gasteiger partial charge in [0.15, 0.2) is 0 Å². The highest BCUT2D eigenvalue weighted by atomic mass is 16.3. The van der Waals surface area contributed by atoms with Crippen molar-refractivity contribution in [3.05, 3.63) is 12.2 Å². The molecule has 0 amide bonds. The largest absolute Gasteiger partial charge is 0.396 e. The van der Waals surface area contributed by atoms with Crippen molar-refractivity contribution in [1.82, 2.24) is 14.8 Å². The molecule has 0 bridgehead atoms. The zero-order valence-electron chi connectivity index (χ0n) is 5.28. The van der Waals surface area contributed by atoms with Crippen LogP contribution in [0.15, 0.2) is 6.33 Å². The molecule has 0 saturated heterocycles. The summed E-state index contributed by atoms with van der Waals surface area (Å²) in [7, 11) is 1.85. The van der Waals surface area contributed by atoms with Gasteiger partial charge >= 0.3 is 0 Å². The van der Waals surface area contributed by atoms with E-state index < -0.39 is 0 Å². The molecule has 4 nitrogen and oxygen atoms in total. The third-order valence-corrected chi connectivity index (χ3v) is 1.14. The van der Waals surface area contributed by atoms with E-state index in [0.717, 1.165) is 5.82 Å². The summed E-state index contributed by atoms with van der Waals surface area (Å²) in [5, 5.41) is 15.9. The number of hydrogen-bond donors (Lipinski definition) is 1. The van der Waals surface area contributed by atoms with Crippen molar-refractivity contribution in [3.8, 4) is 0 Å². The molecule has 0 radical (unpaired) electrons. The third kappa shape index (κ3) is 1.26. The lowest BCUT2D eigenvalue weighted by Crippen LogP contribution is -1.99. The molecule has 0 aliphatic carbocycles. The second-order valence-electron chi connectivity index (χ2n) is 1.83. The Morgan fingerprint density at radius 3 is 3.00 bits per heavy atom. The Labute approximate surface area is 53.1 Å². The molecular formula is C5H9N3O. The fourth-order valence-corrected chi connectivity index (χ4v) is 0.633. The van der Waals surface area contributed by atoms with E-state index in [-0.39, 0.29) is 6.61 Å². The topological polar surface area (TPSA) is 50.9 Å². The Morgan fingerprint density at radius 2 is 2.56 bits per heavy atom. The van der Waals surface area contributed by atoms with Gasteiger partial charge in [-0.1, -0.05) is 0 Å². The van der Waals surface area contributed by atoms with Gasteiger partial charge in [0, 0.05) is 13.5 Å². The van der Waals surface area contributed by atoms with Crippen molar-refractivity contribution in [2.24, 2.45) is 7.05 Å². The normalized spacial score (nSPS) is 10.0. The third-order valence-electron chi connectivity index (χ3n) is 1.14. The van der Waals surface area contributed by atoms with E-state index in [1.54, 1.807) is 10.9 Å². The zero-order chi connectivity index (χ0) is 6.69. The lowest BCUT2D eigenvalue weighted by Gasteiger charge is -1.93. The van der Waals surface area contributed by atoms with Gasteiger partial charge in [-0.15, -0.1) is 10.2 Å². The lowest BCUT2D eigenvalue weighted by atomic mass is 10.4. The van der Waals surface area contributed by atoms with Gasteiger partial charge in [-0.2, -0.15) is 0 Å². The monoisotopic (exact) mass is 127 g/mol. The Kier molecular flexibility index (Phi) is 1.79. The average Bonchev–Trinajstić information content (AvgIpc) is 2.18. The maximum absolute atomic E-state index is 8.48. The summed E-state index contributed by atoms with van der Waals surface area (Å²) >= 11 is 0. The predicted molar refractivity (Wildman–Crippen MR) is 31.8 cm³/mol. The fraction of sp³-hybridized carbons (Fsp3) is 0.600. The molecule has 9 heavy (non-hydrogen) atoms. The quantitative estimate of drug-likeness (QED) is 0.574. The maximum Gasteiger partial charge on any atom is 0.134 e. The summed E-state index contributed by atoms with van der Waals surface area (Å²) in [6, 6.07) is 0.